The molecule has 1 aliphatic heterocycles. The number of hydrogen-bond acceptors (Lipinski definition) is 6. The van der Waals surface area contributed by atoms with Gasteiger partial charge in [0.1, 0.15) is 15.6 Å². The van der Waals surface area contributed by atoms with Crippen molar-refractivity contribution in [2.45, 2.75) is 60.1 Å². The van der Waals surface area contributed by atoms with Gasteiger partial charge in [-0.25, -0.2) is 9.78 Å². The Kier molecular flexibility index (Phi) is 7.74. The molecule has 7 heteroatoms. The zero-order valence-electron chi connectivity index (χ0n) is 20.2. The lowest BCUT2D eigenvalue weighted by atomic mass is 9.99. The summed E-state index contributed by atoms with van der Waals surface area (Å²) in [5.74, 6) is 0.173. The van der Waals surface area contributed by atoms with Gasteiger partial charge in [-0.3, -0.25) is 4.79 Å². The van der Waals surface area contributed by atoms with Crippen molar-refractivity contribution < 1.29 is 19.1 Å². The van der Waals surface area contributed by atoms with Crippen LogP contribution in [-0.2, 0) is 22.5 Å². The Labute approximate surface area is 199 Å². The molecule has 1 aliphatic rings. The van der Waals surface area contributed by atoms with Crippen molar-refractivity contribution in [3.8, 4) is 5.75 Å². The molecule has 0 aliphatic carbocycles. The second-order valence-corrected chi connectivity index (χ2v) is 9.42. The summed E-state index contributed by atoms with van der Waals surface area (Å²) < 4.78 is 11.1. The molecule has 0 saturated heterocycles. The number of allylic oxidation sites excluding steroid dienone is 4. The summed E-state index contributed by atoms with van der Waals surface area (Å²) in [5, 5.41) is 0.853. The van der Waals surface area contributed by atoms with Crippen molar-refractivity contribution in [3.05, 3.63) is 63.1 Å². The molecule has 0 N–H and O–H groups in total. The summed E-state index contributed by atoms with van der Waals surface area (Å²) in [6.07, 6.45) is 6.75. The molecule has 0 unspecified atom stereocenters. The van der Waals surface area contributed by atoms with Crippen LogP contribution < -0.4 is 4.74 Å². The maximum Gasteiger partial charge on any atom is 0.349 e. The number of nitrogens with zero attached hydrogens (tertiary/aromatic N) is 2. The highest BCUT2D eigenvalue weighted by atomic mass is 32.1. The SMILES string of the molecule is C/C=C\C(=C/C)c1nc(C)c(C(=O)N2CCc3ccc(OC(C)(C)C(=O)OCC)cc3C2)s1. The second kappa shape index (κ2) is 10.3. The number of fused-ring (bicyclic) bond motifs is 1. The first-order valence-electron chi connectivity index (χ1n) is 11.2. The van der Waals surface area contributed by atoms with Gasteiger partial charge in [0.25, 0.3) is 5.91 Å². The average Bonchev–Trinajstić information content (AvgIpc) is 3.17. The number of rotatable bonds is 7. The van der Waals surface area contributed by atoms with E-state index in [2.05, 4.69) is 4.98 Å². The minimum absolute atomic E-state index is 0.00370. The van der Waals surface area contributed by atoms with Crippen LogP contribution in [0.4, 0.5) is 0 Å². The van der Waals surface area contributed by atoms with Crippen molar-refractivity contribution in [1.82, 2.24) is 9.88 Å². The van der Waals surface area contributed by atoms with Crippen LogP contribution in [0.3, 0.4) is 0 Å². The van der Waals surface area contributed by atoms with E-state index in [1.807, 2.05) is 62.1 Å². The van der Waals surface area contributed by atoms with E-state index >= 15 is 0 Å². The van der Waals surface area contributed by atoms with Crippen LogP contribution in [0.2, 0.25) is 0 Å². The van der Waals surface area contributed by atoms with Gasteiger partial charge in [0.05, 0.1) is 12.3 Å². The van der Waals surface area contributed by atoms with Crippen LogP contribution in [0, 0.1) is 6.92 Å². The molecule has 0 atom stereocenters. The number of thiazole rings is 1. The van der Waals surface area contributed by atoms with Gasteiger partial charge in [-0.2, -0.15) is 0 Å². The van der Waals surface area contributed by atoms with Crippen LogP contribution in [-0.4, -0.2) is 40.5 Å². The topological polar surface area (TPSA) is 68.7 Å². The fourth-order valence-electron chi connectivity index (χ4n) is 3.74. The molecular formula is C26H32N2O4S. The van der Waals surface area contributed by atoms with Crippen molar-refractivity contribution in [1.29, 1.82) is 0 Å². The molecule has 6 nitrogen and oxygen atoms in total. The number of amides is 1. The van der Waals surface area contributed by atoms with Crippen molar-refractivity contribution in [2.75, 3.05) is 13.2 Å². The van der Waals surface area contributed by atoms with E-state index < -0.39 is 11.6 Å². The molecule has 0 saturated carbocycles. The maximum absolute atomic E-state index is 13.4. The Hall–Kier alpha value is -2.93. The fourth-order valence-corrected chi connectivity index (χ4v) is 4.83. The number of carbonyl (C=O) groups is 2. The van der Waals surface area contributed by atoms with E-state index in [0.29, 0.717) is 30.3 Å². The monoisotopic (exact) mass is 468 g/mol. The fraction of sp³-hybridized carbons (Fsp3) is 0.423. The first-order valence-corrected chi connectivity index (χ1v) is 12.1. The zero-order valence-corrected chi connectivity index (χ0v) is 21.0. The van der Waals surface area contributed by atoms with Gasteiger partial charge in [-0.15, -0.1) is 11.3 Å². The summed E-state index contributed by atoms with van der Waals surface area (Å²) in [7, 11) is 0. The summed E-state index contributed by atoms with van der Waals surface area (Å²) in [6, 6.07) is 5.81. The van der Waals surface area contributed by atoms with E-state index in [1.54, 1.807) is 20.8 Å². The van der Waals surface area contributed by atoms with Crippen LogP contribution in [0.15, 0.2) is 36.4 Å². The minimum Gasteiger partial charge on any atom is -0.476 e. The average molecular weight is 469 g/mol. The summed E-state index contributed by atoms with van der Waals surface area (Å²) in [5.41, 5.74) is 2.88. The number of aromatic nitrogens is 1. The Morgan fingerprint density at radius 2 is 2.00 bits per heavy atom. The molecular weight excluding hydrogens is 436 g/mol. The molecule has 176 valence electrons. The van der Waals surface area contributed by atoms with Gasteiger partial charge < -0.3 is 14.4 Å². The quantitative estimate of drug-likeness (QED) is 0.405. The summed E-state index contributed by atoms with van der Waals surface area (Å²) in [4.78, 5) is 32.7. The Balaban J connectivity index is 1.79. The third kappa shape index (κ3) is 5.53. The molecule has 0 fully saturated rings. The van der Waals surface area contributed by atoms with E-state index in [9.17, 15) is 9.59 Å². The molecule has 33 heavy (non-hydrogen) atoms. The molecule has 1 aromatic heterocycles. The third-order valence-electron chi connectivity index (χ3n) is 5.51. The number of hydrogen-bond donors (Lipinski definition) is 0. The van der Waals surface area contributed by atoms with Crippen LogP contribution in [0.1, 0.15) is 66.1 Å². The largest absolute Gasteiger partial charge is 0.476 e. The van der Waals surface area contributed by atoms with Crippen molar-refractivity contribution in [3.63, 3.8) is 0 Å². The lowest BCUT2D eigenvalue weighted by Crippen LogP contribution is -2.40. The molecule has 0 spiro atoms. The van der Waals surface area contributed by atoms with Gasteiger partial charge in [0.15, 0.2) is 5.60 Å². The molecule has 2 heterocycles. The van der Waals surface area contributed by atoms with Crippen molar-refractivity contribution in [2.24, 2.45) is 0 Å². The first kappa shape index (κ1) is 24.7. The number of aryl methyl sites for hydroxylation is 1. The van der Waals surface area contributed by atoms with Crippen LogP contribution >= 0.6 is 11.3 Å². The van der Waals surface area contributed by atoms with E-state index in [4.69, 9.17) is 9.47 Å². The highest BCUT2D eigenvalue weighted by molar-refractivity contribution is 7.14. The van der Waals surface area contributed by atoms with Crippen LogP contribution in [0.25, 0.3) is 5.57 Å². The predicted molar refractivity (Wildman–Crippen MR) is 132 cm³/mol. The lowest BCUT2D eigenvalue weighted by Gasteiger charge is -2.30. The van der Waals surface area contributed by atoms with Gasteiger partial charge in [0, 0.05) is 18.7 Å². The molecule has 1 aromatic carbocycles. The maximum atomic E-state index is 13.4. The minimum atomic E-state index is -1.10. The third-order valence-corrected chi connectivity index (χ3v) is 6.71. The Morgan fingerprint density at radius 1 is 1.24 bits per heavy atom. The van der Waals surface area contributed by atoms with Gasteiger partial charge in [-0.1, -0.05) is 24.3 Å². The molecule has 3 rings (SSSR count). The standard InChI is InChI=1S/C26H32N2O4S/c1-7-10-18(8-2)23-27-17(4)22(33-23)24(29)28-14-13-19-11-12-21(15-20(19)16-28)32-26(5,6)25(30)31-9-3/h7-8,10-12,15H,9,13-14,16H2,1-6H3/b10-7-,18-8+. The van der Waals surface area contributed by atoms with E-state index in [1.165, 1.54) is 16.9 Å². The Bertz CT molecular complexity index is 1100. The van der Waals surface area contributed by atoms with E-state index in [0.717, 1.165) is 28.3 Å². The predicted octanol–water partition coefficient (Wildman–Crippen LogP) is 5.35. The number of carbonyl (C=O) groups excluding carboxylic acids is 2. The molecule has 1 amide bonds. The first-order chi connectivity index (χ1) is 15.7. The molecule has 0 bridgehead atoms. The highest BCUT2D eigenvalue weighted by Gasteiger charge is 2.32. The van der Waals surface area contributed by atoms with Crippen LogP contribution in [0.5, 0.6) is 5.75 Å². The summed E-state index contributed by atoms with van der Waals surface area (Å²) in [6.45, 7) is 12.4. The lowest BCUT2D eigenvalue weighted by molar-refractivity contribution is -0.158. The van der Waals surface area contributed by atoms with Crippen molar-refractivity contribution >= 4 is 28.8 Å². The number of esters is 1. The Morgan fingerprint density at radius 3 is 2.67 bits per heavy atom. The molecule has 2 aromatic rings. The van der Waals surface area contributed by atoms with Gasteiger partial charge in [0.2, 0.25) is 0 Å². The zero-order chi connectivity index (χ0) is 24.2. The normalized spacial score (nSPS) is 14.4. The van der Waals surface area contributed by atoms with Gasteiger partial charge >= 0.3 is 5.97 Å². The molecule has 0 radical (unpaired) electrons. The smallest absolute Gasteiger partial charge is 0.349 e. The highest BCUT2D eigenvalue weighted by Crippen LogP contribution is 2.30. The van der Waals surface area contributed by atoms with Gasteiger partial charge in [-0.05, 0) is 71.2 Å². The number of benzene rings is 1. The number of ether oxygens (including phenoxy) is 2. The summed E-state index contributed by atoms with van der Waals surface area (Å²) >= 11 is 1.44. The second-order valence-electron chi connectivity index (χ2n) is 8.42. The van der Waals surface area contributed by atoms with E-state index in [-0.39, 0.29) is 5.91 Å².